The summed E-state index contributed by atoms with van der Waals surface area (Å²) in [4.78, 5) is 11.2. The number of carboxylic acids is 1. The molecule has 1 aliphatic heterocycles. The SMILES string of the molecule is CC(C)n1ncc2c1N[C@H](C)C[C@H]2C(=O)O. The van der Waals surface area contributed by atoms with Crippen molar-refractivity contribution in [2.75, 3.05) is 5.32 Å². The summed E-state index contributed by atoms with van der Waals surface area (Å²) in [7, 11) is 0. The van der Waals surface area contributed by atoms with Crippen LogP contribution in [0.15, 0.2) is 6.20 Å². The van der Waals surface area contributed by atoms with Gasteiger partial charge in [0.05, 0.1) is 12.1 Å². The Bertz CT molecular complexity index is 411. The molecule has 0 radical (unpaired) electrons. The van der Waals surface area contributed by atoms with Gasteiger partial charge in [-0.1, -0.05) is 0 Å². The largest absolute Gasteiger partial charge is 0.481 e. The molecule has 1 aromatic rings. The van der Waals surface area contributed by atoms with E-state index < -0.39 is 11.9 Å². The lowest BCUT2D eigenvalue weighted by molar-refractivity contribution is -0.139. The molecule has 0 fully saturated rings. The van der Waals surface area contributed by atoms with Gasteiger partial charge in [0.1, 0.15) is 5.82 Å². The van der Waals surface area contributed by atoms with Gasteiger partial charge in [-0.3, -0.25) is 4.79 Å². The second-order valence-electron chi connectivity index (χ2n) is 4.66. The van der Waals surface area contributed by atoms with Crippen molar-refractivity contribution in [3.63, 3.8) is 0 Å². The summed E-state index contributed by atoms with van der Waals surface area (Å²) >= 11 is 0. The van der Waals surface area contributed by atoms with E-state index in [9.17, 15) is 9.90 Å². The minimum absolute atomic E-state index is 0.169. The Labute approximate surface area is 94.5 Å². The van der Waals surface area contributed by atoms with Crippen LogP contribution in [0.2, 0.25) is 0 Å². The number of aromatic nitrogens is 2. The molecular formula is C11H17N3O2. The van der Waals surface area contributed by atoms with Gasteiger partial charge in [0.2, 0.25) is 0 Å². The Morgan fingerprint density at radius 2 is 2.38 bits per heavy atom. The van der Waals surface area contributed by atoms with Crippen LogP contribution in [0.1, 0.15) is 44.7 Å². The highest BCUT2D eigenvalue weighted by molar-refractivity contribution is 5.79. The van der Waals surface area contributed by atoms with Crippen LogP contribution in [0.3, 0.4) is 0 Å². The van der Waals surface area contributed by atoms with Crippen LogP contribution in [0.4, 0.5) is 5.82 Å². The van der Waals surface area contributed by atoms with Crippen molar-refractivity contribution in [3.8, 4) is 0 Å². The Morgan fingerprint density at radius 3 is 2.94 bits per heavy atom. The lowest BCUT2D eigenvalue weighted by atomic mass is 9.91. The first kappa shape index (κ1) is 11.0. The topological polar surface area (TPSA) is 67.2 Å². The van der Waals surface area contributed by atoms with Crippen molar-refractivity contribution < 1.29 is 9.90 Å². The Balaban J connectivity index is 2.45. The maximum Gasteiger partial charge on any atom is 0.311 e. The van der Waals surface area contributed by atoms with Gasteiger partial charge in [-0.05, 0) is 27.2 Å². The molecular weight excluding hydrogens is 206 g/mol. The van der Waals surface area contributed by atoms with Crippen molar-refractivity contribution in [2.45, 2.75) is 45.2 Å². The molecule has 0 bridgehead atoms. The molecule has 0 aliphatic carbocycles. The minimum atomic E-state index is -0.766. The summed E-state index contributed by atoms with van der Waals surface area (Å²) in [5.41, 5.74) is 0.805. The molecule has 5 nitrogen and oxygen atoms in total. The molecule has 2 N–H and O–H groups in total. The number of carboxylic acid groups (broad SMARTS) is 1. The lowest BCUT2D eigenvalue weighted by Crippen LogP contribution is -2.30. The van der Waals surface area contributed by atoms with Gasteiger partial charge in [0, 0.05) is 17.6 Å². The van der Waals surface area contributed by atoms with E-state index >= 15 is 0 Å². The first-order valence-corrected chi connectivity index (χ1v) is 5.57. The highest BCUT2D eigenvalue weighted by Gasteiger charge is 2.32. The van der Waals surface area contributed by atoms with Gasteiger partial charge < -0.3 is 10.4 Å². The normalized spacial score (nSPS) is 24.0. The van der Waals surface area contributed by atoms with E-state index in [0.717, 1.165) is 11.4 Å². The molecule has 0 saturated heterocycles. The Hall–Kier alpha value is -1.52. The van der Waals surface area contributed by atoms with Crippen molar-refractivity contribution in [3.05, 3.63) is 11.8 Å². The van der Waals surface area contributed by atoms with Crippen LogP contribution in [0.25, 0.3) is 0 Å². The van der Waals surface area contributed by atoms with Crippen LogP contribution in [-0.2, 0) is 4.79 Å². The number of hydrogen-bond donors (Lipinski definition) is 2. The number of nitrogens with zero attached hydrogens (tertiary/aromatic N) is 2. The predicted molar refractivity (Wildman–Crippen MR) is 60.7 cm³/mol. The first-order chi connectivity index (χ1) is 7.50. The first-order valence-electron chi connectivity index (χ1n) is 5.57. The third-order valence-corrected chi connectivity index (χ3v) is 2.96. The molecule has 2 heterocycles. The standard InChI is InChI=1S/C11H17N3O2/c1-6(2)14-10-9(5-12-14)8(11(15)16)4-7(3)13-10/h5-8,13H,4H2,1-3H3,(H,15,16)/t7-,8-/m1/s1. The van der Waals surface area contributed by atoms with E-state index in [1.54, 1.807) is 6.20 Å². The van der Waals surface area contributed by atoms with E-state index in [4.69, 9.17) is 0 Å². The van der Waals surface area contributed by atoms with Crippen molar-refractivity contribution in [1.82, 2.24) is 9.78 Å². The molecule has 0 aromatic carbocycles. The zero-order valence-electron chi connectivity index (χ0n) is 9.77. The number of nitrogens with one attached hydrogen (secondary N) is 1. The van der Waals surface area contributed by atoms with Crippen molar-refractivity contribution in [2.24, 2.45) is 0 Å². The van der Waals surface area contributed by atoms with E-state index in [-0.39, 0.29) is 12.1 Å². The second-order valence-corrected chi connectivity index (χ2v) is 4.66. The van der Waals surface area contributed by atoms with E-state index in [0.29, 0.717) is 6.42 Å². The highest BCUT2D eigenvalue weighted by atomic mass is 16.4. The quantitative estimate of drug-likeness (QED) is 0.802. The molecule has 2 rings (SSSR count). The summed E-state index contributed by atoms with van der Waals surface area (Å²) in [5, 5.41) is 16.8. The molecule has 2 atom stereocenters. The minimum Gasteiger partial charge on any atom is -0.481 e. The van der Waals surface area contributed by atoms with Gasteiger partial charge in [-0.2, -0.15) is 5.10 Å². The fourth-order valence-electron chi connectivity index (χ4n) is 2.18. The predicted octanol–water partition coefficient (Wildman–Crippen LogP) is 1.84. The fraction of sp³-hybridized carbons (Fsp3) is 0.636. The van der Waals surface area contributed by atoms with E-state index in [2.05, 4.69) is 10.4 Å². The Kier molecular flexibility index (Phi) is 2.61. The van der Waals surface area contributed by atoms with E-state index in [1.807, 2.05) is 25.5 Å². The molecule has 5 heteroatoms. The van der Waals surface area contributed by atoms with Gasteiger partial charge in [-0.15, -0.1) is 0 Å². The smallest absolute Gasteiger partial charge is 0.311 e. The van der Waals surface area contributed by atoms with Gasteiger partial charge >= 0.3 is 5.97 Å². The molecule has 0 saturated carbocycles. The number of aliphatic carboxylic acids is 1. The molecule has 0 unspecified atom stereocenters. The average molecular weight is 223 g/mol. The second kappa shape index (κ2) is 3.81. The highest BCUT2D eigenvalue weighted by Crippen LogP contribution is 2.35. The van der Waals surface area contributed by atoms with Gasteiger partial charge in [0.15, 0.2) is 0 Å². The summed E-state index contributed by atoms with van der Waals surface area (Å²) in [6.45, 7) is 6.06. The Morgan fingerprint density at radius 1 is 1.69 bits per heavy atom. The van der Waals surface area contributed by atoms with Crippen molar-refractivity contribution in [1.29, 1.82) is 0 Å². The van der Waals surface area contributed by atoms with Crippen molar-refractivity contribution >= 4 is 11.8 Å². The molecule has 0 amide bonds. The third-order valence-electron chi connectivity index (χ3n) is 2.96. The number of carbonyl (C=O) groups is 1. The van der Waals surface area contributed by atoms with Gasteiger partial charge in [-0.25, -0.2) is 4.68 Å². The van der Waals surface area contributed by atoms with Gasteiger partial charge in [0.25, 0.3) is 0 Å². The number of rotatable bonds is 2. The average Bonchev–Trinajstić information content (AvgIpc) is 2.59. The fourth-order valence-corrected chi connectivity index (χ4v) is 2.18. The monoisotopic (exact) mass is 223 g/mol. The van der Waals surface area contributed by atoms with Crippen LogP contribution < -0.4 is 5.32 Å². The number of hydrogen-bond acceptors (Lipinski definition) is 3. The molecule has 1 aromatic heterocycles. The molecule has 16 heavy (non-hydrogen) atoms. The maximum absolute atomic E-state index is 11.2. The number of anilines is 1. The maximum atomic E-state index is 11.2. The zero-order chi connectivity index (χ0) is 11.9. The summed E-state index contributed by atoms with van der Waals surface area (Å²) < 4.78 is 1.85. The third kappa shape index (κ3) is 1.66. The van der Waals surface area contributed by atoms with Crippen LogP contribution in [0.5, 0.6) is 0 Å². The molecule has 0 spiro atoms. The lowest BCUT2D eigenvalue weighted by Gasteiger charge is -2.27. The zero-order valence-corrected chi connectivity index (χ0v) is 9.77. The summed E-state index contributed by atoms with van der Waals surface area (Å²) in [6, 6.07) is 0.402. The molecule has 1 aliphatic rings. The number of fused-ring (bicyclic) bond motifs is 1. The van der Waals surface area contributed by atoms with Crippen LogP contribution in [-0.4, -0.2) is 26.9 Å². The van der Waals surface area contributed by atoms with Crippen LogP contribution in [0, 0.1) is 0 Å². The summed E-state index contributed by atoms with van der Waals surface area (Å²) in [5.74, 6) is -0.335. The van der Waals surface area contributed by atoms with Crippen LogP contribution >= 0.6 is 0 Å². The van der Waals surface area contributed by atoms with E-state index in [1.165, 1.54) is 0 Å². The molecule has 88 valence electrons. The summed E-state index contributed by atoms with van der Waals surface area (Å²) in [6.07, 6.45) is 2.29.